The monoisotopic (exact) mass is 372 g/mol. The van der Waals surface area contributed by atoms with Gasteiger partial charge in [0.25, 0.3) is 0 Å². The van der Waals surface area contributed by atoms with Crippen LogP contribution in [0.4, 0.5) is 0 Å². The summed E-state index contributed by atoms with van der Waals surface area (Å²) in [6.45, 7) is 4.65. The van der Waals surface area contributed by atoms with Crippen molar-refractivity contribution in [1.82, 2.24) is 0 Å². The second-order valence-corrected chi connectivity index (χ2v) is 8.06. The molecule has 0 aromatic carbocycles. The minimum Gasteiger partial charge on any atom is -0.462 e. The van der Waals surface area contributed by atoms with Crippen LogP contribution in [0.3, 0.4) is 0 Å². The van der Waals surface area contributed by atoms with E-state index in [2.05, 4.69) is 22.6 Å². The summed E-state index contributed by atoms with van der Waals surface area (Å²) in [7, 11) is -9.58. The Morgan fingerprint density at radius 2 is 1.17 bits per heavy atom. The molecule has 12 heteroatoms. The molecular formula is C11H18O10P2. The van der Waals surface area contributed by atoms with Crippen molar-refractivity contribution in [3.63, 3.8) is 0 Å². The summed E-state index contributed by atoms with van der Waals surface area (Å²) in [6, 6.07) is 0. The third-order valence-electron chi connectivity index (χ3n) is 2.46. The van der Waals surface area contributed by atoms with E-state index in [-0.39, 0.29) is 0 Å². The Balaban J connectivity index is 5.56. The quantitative estimate of drug-likeness (QED) is 0.229. The summed E-state index contributed by atoms with van der Waals surface area (Å²) in [5, 5.41) is 0. The molecule has 0 bridgehead atoms. The maximum Gasteiger partial charge on any atom is 0.330 e. The molecule has 0 aromatic heterocycles. The van der Waals surface area contributed by atoms with Crippen molar-refractivity contribution in [3.8, 4) is 0 Å². The number of esters is 2. The predicted molar refractivity (Wildman–Crippen MR) is 78.6 cm³/mol. The third kappa shape index (κ3) is 10.2. The van der Waals surface area contributed by atoms with Gasteiger partial charge in [0, 0.05) is 12.2 Å². The SMILES string of the molecule is C=CC(=O)OCC(COC(=O)C=C)(CP(=O)(O)O)CP(=O)(O)O. The van der Waals surface area contributed by atoms with Crippen molar-refractivity contribution < 1.29 is 47.8 Å². The summed E-state index contributed by atoms with van der Waals surface area (Å²) in [5.41, 5.74) is -1.98. The number of rotatable bonds is 10. The molecule has 0 aliphatic carbocycles. The standard InChI is InChI=1S/C11H18O10P2/c1-3-9(12)20-5-11(7-22(14,15)16,8-23(17,18)19)6-21-10(13)4-2/h3-4H,1-2,5-8H2,(H2,14,15,16)(H2,17,18,19). The number of carbonyl (C=O) groups is 2. The van der Waals surface area contributed by atoms with Gasteiger partial charge in [-0.15, -0.1) is 0 Å². The van der Waals surface area contributed by atoms with Crippen LogP contribution >= 0.6 is 15.2 Å². The highest BCUT2D eigenvalue weighted by Gasteiger charge is 2.44. The first-order valence-corrected chi connectivity index (χ1v) is 9.59. The second-order valence-electron chi connectivity index (χ2n) is 4.77. The fraction of sp³-hybridized carbons (Fsp3) is 0.455. The van der Waals surface area contributed by atoms with E-state index in [4.69, 9.17) is 19.6 Å². The Hall–Kier alpha value is -1.28. The van der Waals surface area contributed by atoms with Crippen LogP contribution in [-0.2, 0) is 28.2 Å². The zero-order valence-corrected chi connectivity index (χ0v) is 13.8. The number of hydrogen-bond donors (Lipinski definition) is 4. The molecule has 0 amide bonds. The lowest BCUT2D eigenvalue weighted by molar-refractivity contribution is -0.146. The maximum absolute atomic E-state index is 11.3. The molecule has 0 spiro atoms. The molecular weight excluding hydrogens is 354 g/mol. The fourth-order valence-corrected chi connectivity index (χ4v) is 4.23. The highest BCUT2D eigenvalue weighted by Crippen LogP contribution is 2.49. The topological polar surface area (TPSA) is 168 Å². The Labute approximate surface area is 132 Å². The molecule has 0 unspecified atom stereocenters. The Morgan fingerprint density at radius 3 is 1.39 bits per heavy atom. The van der Waals surface area contributed by atoms with E-state index in [1.54, 1.807) is 0 Å². The van der Waals surface area contributed by atoms with Crippen LogP contribution in [0.5, 0.6) is 0 Å². The van der Waals surface area contributed by atoms with Gasteiger partial charge < -0.3 is 29.0 Å². The molecule has 0 heterocycles. The number of hydrogen-bond acceptors (Lipinski definition) is 6. The lowest BCUT2D eigenvalue weighted by atomic mass is 9.95. The van der Waals surface area contributed by atoms with E-state index in [9.17, 15) is 18.7 Å². The summed E-state index contributed by atoms with van der Waals surface area (Å²) >= 11 is 0. The van der Waals surface area contributed by atoms with Crippen molar-refractivity contribution >= 4 is 27.1 Å². The Bertz CT molecular complexity index is 507. The van der Waals surface area contributed by atoms with Gasteiger partial charge in [0.2, 0.25) is 0 Å². The average Bonchev–Trinajstić information content (AvgIpc) is 2.38. The second kappa shape index (κ2) is 8.54. The molecule has 0 atom stereocenters. The minimum absolute atomic E-state index is 0.759. The van der Waals surface area contributed by atoms with Crippen LogP contribution in [-0.4, -0.2) is 57.0 Å². The van der Waals surface area contributed by atoms with Gasteiger partial charge in [0.05, 0.1) is 17.7 Å². The van der Waals surface area contributed by atoms with Gasteiger partial charge in [-0.1, -0.05) is 13.2 Å². The molecule has 0 aliphatic rings. The highest BCUT2D eigenvalue weighted by atomic mass is 31.2. The van der Waals surface area contributed by atoms with Gasteiger partial charge in [-0.05, 0) is 0 Å². The Morgan fingerprint density at radius 1 is 0.870 bits per heavy atom. The number of carbonyl (C=O) groups excluding carboxylic acids is 2. The van der Waals surface area contributed by atoms with Crippen LogP contribution in [0.15, 0.2) is 25.3 Å². The summed E-state index contributed by atoms with van der Waals surface area (Å²) in [4.78, 5) is 58.8. The van der Waals surface area contributed by atoms with E-state index in [0.717, 1.165) is 12.2 Å². The molecule has 0 saturated carbocycles. The highest BCUT2D eigenvalue weighted by molar-refractivity contribution is 7.53. The van der Waals surface area contributed by atoms with E-state index >= 15 is 0 Å². The van der Waals surface area contributed by atoms with Gasteiger partial charge in [0.1, 0.15) is 13.2 Å². The zero-order chi connectivity index (χ0) is 18.3. The molecule has 0 rings (SSSR count). The van der Waals surface area contributed by atoms with Crippen molar-refractivity contribution in [2.45, 2.75) is 0 Å². The fourth-order valence-electron chi connectivity index (χ4n) is 1.71. The van der Waals surface area contributed by atoms with E-state index in [0.29, 0.717) is 0 Å². The van der Waals surface area contributed by atoms with Crippen molar-refractivity contribution in [2.75, 3.05) is 25.5 Å². The first kappa shape index (κ1) is 21.7. The summed E-state index contributed by atoms with van der Waals surface area (Å²) < 4.78 is 31.9. The molecule has 0 aromatic rings. The average molecular weight is 372 g/mol. The zero-order valence-electron chi connectivity index (χ0n) is 12.0. The minimum atomic E-state index is -4.79. The van der Waals surface area contributed by atoms with Crippen molar-refractivity contribution in [1.29, 1.82) is 0 Å². The van der Waals surface area contributed by atoms with Gasteiger partial charge in [0.15, 0.2) is 0 Å². The first-order valence-electron chi connectivity index (χ1n) is 6.00. The number of ether oxygens (including phenoxy) is 2. The molecule has 4 N–H and O–H groups in total. The molecule has 0 saturated heterocycles. The molecule has 0 radical (unpaired) electrons. The molecule has 0 aliphatic heterocycles. The molecule has 132 valence electrons. The lowest BCUT2D eigenvalue weighted by Crippen LogP contribution is -2.40. The van der Waals surface area contributed by atoms with Crippen molar-refractivity contribution in [2.24, 2.45) is 5.41 Å². The van der Waals surface area contributed by atoms with E-state index < -0.39 is 58.1 Å². The van der Waals surface area contributed by atoms with Gasteiger partial charge >= 0.3 is 27.1 Å². The third-order valence-corrected chi connectivity index (χ3v) is 4.62. The maximum atomic E-state index is 11.3. The van der Waals surface area contributed by atoms with E-state index in [1.165, 1.54) is 0 Å². The lowest BCUT2D eigenvalue weighted by Gasteiger charge is -2.32. The van der Waals surface area contributed by atoms with Gasteiger partial charge in [-0.25, -0.2) is 9.59 Å². The van der Waals surface area contributed by atoms with Crippen molar-refractivity contribution in [3.05, 3.63) is 25.3 Å². The van der Waals surface area contributed by atoms with Gasteiger partial charge in [-0.2, -0.15) is 0 Å². The Kier molecular flexibility index (Phi) is 8.06. The van der Waals surface area contributed by atoms with E-state index in [1.807, 2.05) is 0 Å². The summed E-state index contributed by atoms with van der Waals surface area (Å²) in [5.74, 6) is -1.94. The van der Waals surface area contributed by atoms with Gasteiger partial charge in [-0.3, -0.25) is 9.13 Å². The normalized spacial score (nSPS) is 12.3. The van der Waals surface area contributed by atoms with Crippen LogP contribution in [0, 0.1) is 5.41 Å². The molecule has 23 heavy (non-hydrogen) atoms. The largest absolute Gasteiger partial charge is 0.462 e. The van der Waals surface area contributed by atoms with Crippen LogP contribution < -0.4 is 0 Å². The van der Waals surface area contributed by atoms with Crippen LogP contribution in [0.25, 0.3) is 0 Å². The van der Waals surface area contributed by atoms with Crippen LogP contribution in [0.1, 0.15) is 0 Å². The van der Waals surface area contributed by atoms with Crippen LogP contribution in [0.2, 0.25) is 0 Å². The summed E-state index contributed by atoms with van der Waals surface area (Å²) in [6.07, 6.45) is -0.620. The molecule has 10 nitrogen and oxygen atoms in total. The smallest absolute Gasteiger partial charge is 0.330 e. The molecule has 0 fully saturated rings. The first-order chi connectivity index (χ1) is 10.3. The predicted octanol–water partition coefficient (Wildman–Crippen LogP) is -0.213.